The maximum absolute atomic E-state index is 14.0. The van der Waals surface area contributed by atoms with Crippen LogP contribution in [0.5, 0.6) is 0 Å². The second kappa shape index (κ2) is 11.1. The van der Waals surface area contributed by atoms with Crippen LogP contribution >= 0.6 is 11.6 Å². The maximum Gasteiger partial charge on any atom is 0.410 e. The number of fused-ring (bicyclic) bond motifs is 1. The number of para-hydroxylation sites is 1. The summed E-state index contributed by atoms with van der Waals surface area (Å²) in [5, 5.41) is 5.38. The van der Waals surface area contributed by atoms with Gasteiger partial charge in [-0.05, 0) is 72.7 Å². The van der Waals surface area contributed by atoms with Crippen LogP contribution in [0.2, 0.25) is 5.02 Å². The van der Waals surface area contributed by atoms with Crippen molar-refractivity contribution in [2.45, 2.75) is 13.5 Å². The van der Waals surface area contributed by atoms with Crippen LogP contribution in [0.4, 0.5) is 14.9 Å². The summed E-state index contributed by atoms with van der Waals surface area (Å²) in [7, 11) is 1.32. The van der Waals surface area contributed by atoms with Crippen LogP contribution in [0, 0.1) is 5.82 Å². The van der Waals surface area contributed by atoms with E-state index in [2.05, 4.69) is 0 Å². The number of carbonyl (C=O) groups excluding carboxylic acids is 2. The van der Waals surface area contributed by atoms with Crippen LogP contribution in [0.1, 0.15) is 34.2 Å². The minimum absolute atomic E-state index is 0.129. The minimum Gasteiger partial charge on any atom is -0.453 e. The highest BCUT2D eigenvalue weighted by molar-refractivity contribution is 6.30. The molecule has 1 aliphatic rings. The van der Waals surface area contributed by atoms with Gasteiger partial charge in [0.1, 0.15) is 5.82 Å². The molecule has 0 N–H and O–H groups in total. The van der Waals surface area contributed by atoms with Gasteiger partial charge in [-0.3, -0.25) is 9.69 Å². The number of hydrogen-bond donors (Lipinski definition) is 0. The van der Waals surface area contributed by atoms with E-state index >= 15 is 0 Å². The average Bonchev–Trinajstić information content (AvgIpc) is 3.35. The second-order valence-corrected chi connectivity index (χ2v) is 9.43. The Morgan fingerprint density at radius 3 is 2.36 bits per heavy atom. The molecule has 9 heteroatoms. The Morgan fingerprint density at radius 2 is 1.72 bits per heavy atom. The normalized spacial score (nSPS) is 13.7. The zero-order chi connectivity index (χ0) is 27.5. The van der Waals surface area contributed by atoms with E-state index in [4.69, 9.17) is 21.4 Å². The summed E-state index contributed by atoms with van der Waals surface area (Å²) >= 11 is 6.15. The highest BCUT2D eigenvalue weighted by atomic mass is 35.5. The Morgan fingerprint density at radius 1 is 1.03 bits per heavy atom. The Hall–Kier alpha value is -4.43. The minimum atomic E-state index is -0.529. The van der Waals surface area contributed by atoms with Crippen LogP contribution in [0.3, 0.4) is 0 Å². The molecule has 1 aromatic heterocycles. The molecule has 0 atom stereocenters. The van der Waals surface area contributed by atoms with Gasteiger partial charge in [-0.15, -0.1) is 0 Å². The van der Waals surface area contributed by atoms with Crippen molar-refractivity contribution in [3.8, 4) is 5.69 Å². The lowest BCUT2D eigenvalue weighted by atomic mass is 9.97. The molecule has 39 heavy (non-hydrogen) atoms. The summed E-state index contributed by atoms with van der Waals surface area (Å²) in [6.07, 6.45) is 1.34. The highest BCUT2D eigenvalue weighted by Crippen LogP contribution is 2.35. The van der Waals surface area contributed by atoms with Crippen LogP contribution in [-0.2, 0) is 11.3 Å². The third-order valence-electron chi connectivity index (χ3n) is 6.54. The first-order chi connectivity index (χ1) is 18.9. The standard InChI is InChI=1S/C30H26ClFN4O3/c1-3-35(24-7-5-4-6-8-24)29(37)27-26-19-34(30(38)39-2)18-21(17-20-9-13-23(32)14-10-20)28(26)36(33-27)25-15-11-22(31)12-16-25/h4-17H,3,18-19H2,1-2H3. The van der Waals surface area contributed by atoms with E-state index in [0.29, 0.717) is 28.5 Å². The first-order valence-corrected chi connectivity index (χ1v) is 12.8. The lowest BCUT2D eigenvalue weighted by Crippen LogP contribution is -2.37. The van der Waals surface area contributed by atoms with E-state index in [1.165, 1.54) is 24.1 Å². The van der Waals surface area contributed by atoms with Gasteiger partial charge in [0, 0.05) is 22.8 Å². The van der Waals surface area contributed by atoms with Crippen molar-refractivity contribution in [1.82, 2.24) is 14.7 Å². The SMILES string of the molecule is CCN(C(=O)c1nn(-c2ccc(Cl)cc2)c2c1CN(C(=O)OC)CC2=Cc1ccc(F)cc1)c1ccccc1. The molecule has 0 fully saturated rings. The smallest absolute Gasteiger partial charge is 0.410 e. The van der Waals surface area contributed by atoms with Gasteiger partial charge in [0.25, 0.3) is 5.91 Å². The van der Waals surface area contributed by atoms with E-state index in [-0.39, 0.29) is 30.5 Å². The molecule has 5 rings (SSSR count). The average molecular weight is 545 g/mol. The Balaban J connectivity index is 1.73. The third kappa shape index (κ3) is 5.28. The van der Waals surface area contributed by atoms with Gasteiger partial charge in [0.2, 0.25) is 0 Å². The molecular weight excluding hydrogens is 519 g/mol. The summed E-state index contributed by atoms with van der Waals surface area (Å²) in [4.78, 5) is 29.9. The first kappa shape index (κ1) is 26.2. The van der Waals surface area contributed by atoms with E-state index < -0.39 is 6.09 Å². The molecule has 198 valence electrons. The summed E-state index contributed by atoms with van der Waals surface area (Å²) in [5.74, 6) is -0.641. The summed E-state index contributed by atoms with van der Waals surface area (Å²) < 4.78 is 20.4. The molecule has 0 unspecified atom stereocenters. The molecule has 4 aromatic rings. The second-order valence-electron chi connectivity index (χ2n) is 9.00. The molecule has 0 spiro atoms. The van der Waals surface area contributed by atoms with Gasteiger partial charge in [0.15, 0.2) is 5.69 Å². The molecular formula is C30H26ClFN4O3. The van der Waals surface area contributed by atoms with Gasteiger partial charge in [-0.25, -0.2) is 13.9 Å². The van der Waals surface area contributed by atoms with Crippen LogP contribution < -0.4 is 4.90 Å². The lowest BCUT2D eigenvalue weighted by Gasteiger charge is -2.29. The number of halogens is 2. The molecule has 3 aromatic carbocycles. The zero-order valence-electron chi connectivity index (χ0n) is 21.5. The van der Waals surface area contributed by atoms with Crippen LogP contribution in [0.15, 0.2) is 78.9 Å². The lowest BCUT2D eigenvalue weighted by molar-refractivity contribution is 0.0978. The van der Waals surface area contributed by atoms with Gasteiger partial charge in [-0.2, -0.15) is 5.10 Å². The van der Waals surface area contributed by atoms with Gasteiger partial charge in [-0.1, -0.05) is 41.9 Å². The van der Waals surface area contributed by atoms with Gasteiger partial charge in [0.05, 0.1) is 31.6 Å². The zero-order valence-corrected chi connectivity index (χ0v) is 22.2. The number of carbonyl (C=O) groups is 2. The van der Waals surface area contributed by atoms with Crippen molar-refractivity contribution in [3.63, 3.8) is 0 Å². The number of methoxy groups -OCH3 is 1. The van der Waals surface area contributed by atoms with Crippen molar-refractivity contribution < 1.29 is 18.7 Å². The molecule has 0 radical (unpaired) electrons. The number of hydrogen-bond acceptors (Lipinski definition) is 4. The van der Waals surface area contributed by atoms with Crippen LogP contribution in [-0.4, -0.2) is 46.9 Å². The predicted molar refractivity (Wildman–Crippen MR) is 149 cm³/mol. The summed E-state index contributed by atoms with van der Waals surface area (Å²) in [6.45, 7) is 2.66. The molecule has 0 aliphatic carbocycles. The molecule has 0 saturated carbocycles. The van der Waals surface area contributed by atoms with Crippen molar-refractivity contribution in [2.24, 2.45) is 0 Å². The summed E-state index contributed by atoms with van der Waals surface area (Å²) in [6, 6.07) is 22.6. The molecule has 1 aliphatic heterocycles. The Kier molecular flexibility index (Phi) is 7.47. The molecule has 2 heterocycles. The Bertz CT molecular complexity index is 1530. The third-order valence-corrected chi connectivity index (χ3v) is 6.80. The fourth-order valence-corrected chi connectivity index (χ4v) is 4.84. The fraction of sp³-hybridized carbons (Fsp3) is 0.167. The Labute approximate surface area is 230 Å². The summed E-state index contributed by atoms with van der Waals surface area (Å²) in [5.41, 5.74) is 4.40. The largest absolute Gasteiger partial charge is 0.453 e. The van der Waals surface area contributed by atoms with Crippen molar-refractivity contribution in [1.29, 1.82) is 0 Å². The van der Waals surface area contributed by atoms with Gasteiger partial charge >= 0.3 is 6.09 Å². The van der Waals surface area contributed by atoms with Crippen molar-refractivity contribution >= 4 is 40.9 Å². The van der Waals surface area contributed by atoms with E-state index in [0.717, 1.165) is 16.8 Å². The number of nitrogens with zero attached hydrogens (tertiary/aromatic N) is 4. The number of ether oxygens (including phenoxy) is 1. The highest BCUT2D eigenvalue weighted by Gasteiger charge is 2.35. The first-order valence-electron chi connectivity index (χ1n) is 12.4. The number of aromatic nitrogens is 2. The van der Waals surface area contributed by atoms with E-state index in [9.17, 15) is 14.0 Å². The molecule has 0 saturated heterocycles. The van der Waals surface area contributed by atoms with Gasteiger partial charge < -0.3 is 9.64 Å². The number of rotatable bonds is 5. The number of benzene rings is 3. The number of anilines is 1. The monoisotopic (exact) mass is 544 g/mol. The molecule has 2 amide bonds. The molecule has 0 bridgehead atoms. The van der Waals surface area contributed by atoms with Crippen LogP contribution in [0.25, 0.3) is 17.3 Å². The van der Waals surface area contributed by atoms with E-state index in [1.807, 2.05) is 55.5 Å². The van der Waals surface area contributed by atoms with E-state index in [1.54, 1.807) is 33.8 Å². The fourth-order valence-electron chi connectivity index (χ4n) is 4.71. The topological polar surface area (TPSA) is 67.7 Å². The van der Waals surface area contributed by atoms with Crippen molar-refractivity contribution in [3.05, 3.63) is 112 Å². The van der Waals surface area contributed by atoms with Crippen molar-refractivity contribution in [2.75, 3.05) is 25.1 Å². The quantitative estimate of drug-likeness (QED) is 0.289. The maximum atomic E-state index is 14.0. The molecule has 7 nitrogen and oxygen atoms in total. The number of amides is 2. The predicted octanol–water partition coefficient (Wildman–Crippen LogP) is 6.45.